The monoisotopic (exact) mass is 279 g/mol. The Morgan fingerprint density at radius 1 is 1.25 bits per heavy atom. The van der Waals surface area contributed by atoms with Gasteiger partial charge in [-0.3, -0.25) is 9.69 Å². The number of Topliss-reactive ketones (excluding diaryl/α,β-unsaturated/α-hetero) is 1. The van der Waals surface area contributed by atoms with Gasteiger partial charge in [-0.1, -0.05) is 27.7 Å². The van der Waals surface area contributed by atoms with Crippen molar-refractivity contribution in [1.29, 1.82) is 0 Å². The molecule has 114 valence electrons. The Balaban J connectivity index is 2.81. The molecule has 0 aliphatic carbocycles. The predicted molar refractivity (Wildman–Crippen MR) is 82.8 cm³/mol. The molecule has 0 amide bonds. The minimum atomic E-state index is -0.297. The lowest BCUT2D eigenvalue weighted by atomic mass is 9.83. The van der Waals surface area contributed by atoms with E-state index in [9.17, 15) is 4.79 Å². The lowest BCUT2D eigenvalue weighted by molar-refractivity contribution is -0.132. The van der Waals surface area contributed by atoms with E-state index >= 15 is 0 Å². The molecule has 0 fully saturated rings. The minimum absolute atomic E-state index is 0.297. The topological polar surface area (TPSA) is 38.1 Å². The Bertz CT molecular complexity index is 417. The van der Waals surface area contributed by atoms with Gasteiger partial charge in [0.2, 0.25) is 0 Å². The number of aryl methyl sites for hydroxylation is 2. The highest BCUT2D eigenvalue weighted by Gasteiger charge is 2.38. The zero-order valence-corrected chi connectivity index (χ0v) is 13.6. The van der Waals surface area contributed by atoms with Crippen LogP contribution in [0.15, 0.2) is 12.4 Å². The quantitative estimate of drug-likeness (QED) is 0.697. The van der Waals surface area contributed by atoms with Crippen molar-refractivity contribution in [3.8, 4) is 0 Å². The maximum absolute atomic E-state index is 12.8. The van der Waals surface area contributed by atoms with Crippen molar-refractivity contribution in [2.75, 3.05) is 13.1 Å². The van der Waals surface area contributed by atoms with Gasteiger partial charge in [-0.05, 0) is 25.9 Å². The van der Waals surface area contributed by atoms with Crippen molar-refractivity contribution in [3.05, 3.63) is 18.2 Å². The van der Waals surface area contributed by atoms with Crippen LogP contribution in [-0.4, -0.2) is 38.9 Å². The van der Waals surface area contributed by atoms with Gasteiger partial charge < -0.3 is 4.57 Å². The summed E-state index contributed by atoms with van der Waals surface area (Å²) in [6.07, 6.45) is 6.78. The number of hydrogen-bond acceptors (Lipinski definition) is 3. The minimum Gasteiger partial charge on any atom is -0.338 e. The van der Waals surface area contributed by atoms with E-state index in [-0.39, 0.29) is 5.54 Å². The summed E-state index contributed by atoms with van der Waals surface area (Å²) < 4.78 is 1.99. The standard InChI is InChI=1S/C16H29N3O/c1-6-16(7-2,19(8-3)9-4)14(20)10-11-15-17-12-13-18(15)5/h12-13H,6-11H2,1-5H3. The molecule has 0 saturated carbocycles. The van der Waals surface area contributed by atoms with E-state index in [0.717, 1.165) is 38.2 Å². The number of aromatic nitrogens is 2. The average molecular weight is 279 g/mol. The van der Waals surface area contributed by atoms with E-state index in [1.54, 1.807) is 6.20 Å². The molecule has 1 aromatic heterocycles. The van der Waals surface area contributed by atoms with Crippen LogP contribution >= 0.6 is 0 Å². The molecule has 0 saturated heterocycles. The van der Waals surface area contributed by atoms with Crippen LogP contribution in [0.2, 0.25) is 0 Å². The first-order valence-electron chi connectivity index (χ1n) is 7.80. The molecule has 0 aliphatic rings. The van der Waals surface area contributed by atoms with E-state index in [2.05, 4.69) is 37.6 Å². The van der Waals surface area contributed by atoms with Crippen molar-refractivity contribution in [1.82, 2.24) is 14.5 Å². The largest absolute Gasteiger partial charge is 0.338 e. The van der Waals surface area contributed by atoms with Crippen LogP contribution in [-0.2, 0) is 18.3 Å². The molecule has 0 aliphatic heterocycles. The molecule has 20 heavy (non-hydrogen) atoms. The summed E-state index contributed by atoms with van der Waals surface area (Å²) in [7, 11) is 1.98. The van der Waals surface area contributed by atoms with Crippen LogP contribution in [0.3, 0.4) is 0 Å². The normalized spacial score (nSPS) is 12.1. The van der Waals surface area contributed by atoms with Gasteiger partial charge in [-0.25, -0.2) is 4.98 Å². The number of carbonyl (C=O) groups is 1. The first kappa shape index (κ1) is 16.9. The highest BCUT2D eigenvalue weighted by molar-refractivity contribution is 5.88. The smallest absolute Gasteiger partial charge is 0.153 e. The van der Waals surface area contributed by atoms with Crippen molar-refractivity contribution in [3.63, 3.8) is 0 Å². The molecular weight excluding hydrogens is 250 g/mol. The van der Waals surface area contributed by atoms with Gasteiger partial charge in [0, 0.05) is 32.3 Å². The fourth-order valence-corrected chi connectivity index (χ4v) is 3.19. The number of hydrogen-bond donors (Lipinski definition) is 0. The summed E-state index contributed by atoms with van der Waals surface area (Å²) in [6, 6.07) is 0. The number of rotatable bonds is 9. The maximum atomic E-state index is 12.8. The summed E-state index contributed by atoms with van der Waals surface area (Å²) in [5, 5.41) is 0. The van der Waals surface area contributed by atoms with Gasteiger partial charge in [0.05, 0.1) is 5.54 Å². The summed E-state index contributed by atoms with van der Waals surface area (Å²) in [6.45, 7) is 10.4. The Morgan fingerprint density at radius 3 is 2.25 bits per heavy atom. The van der Waals surface area contributed by atoms with Gasteiger partial charge in [0.15, 0.2) is 5.78 Å². The third-order valence-electron chi connectivity index (χ3n) is 4.55. The number of nitrogens with zero attached hydrogens (tertiary/aromatic N) is 3. The fourth-order valence-electron chi connectivity index (χ4n) is 3.19. The zero-order chi connectivity index (χ0) is 15.2. The molecule has 0 spiro atoms. The summed E-state index contributed by atoms with van der Waals surface area (Å²) in [5.41, 5.74) is -0.297. The van der Waals surface area contributed by atoms with Crippen LogP contribution in [0.5, 0.6) is 0 Å². The third-order valence-corrected chi connectivity index (χ3v) is 4.55. The second-order valence-electron chi connectivity index (χ2n) is 5.29. The molecule has 1 aromatic rings. The van der Waals surface area contributed by atoms with E-state index in [0.29, 0.717) is 12.2 Å². The Morgan fingerprint density at radius 2 is 1.85 bits per heavy atom. The van der Waals surface area contributed by atoms with Crippen LogP contribution in [0.25, 0.3) is 0 Å². The van der Waals surface area contributed by atoms with Crippen LogP contribution < -0.4 is 0 Å². The van der Waals surface area contributed by atoms with Crippen molar-refractivity contribution >= 4 is 5.78 Å². The second kappa shape index (κ2) is 7.58. The van der Waals surface area contributed by atoms with Crippen LogP contribution in [0, 0.1) is 0 Å². The van der Waals surface area contributed by atoms with Gasteiger partial charge in [-0.15, -0.1) is 0 Å². The lowest BCUT2D eigenvalue weighted by Crippen LogP contribution is -2.54. The average Bonchev–Trinajstić information content (AvgIpc) is 2.87. The van der Waals surface area contributed by atoms with E-state index < -0.39 is 0 Å². The number of likely N-dealkylation sites (N-methyl/N-ethyl adjacent to an activating group) is 1. The Labute approximate surface area is 123 Å². The molecule has 4 nitrogen and oxygen atoms in total. The van der Waals surface area contributed by atoms with Crippen molar-refractivity contribution in [2.45, 2.75) is 58.9 Å². The Kier molecular flexibility index (Phi) is 6.40. The maximum Gasteiger partial charge on any atom is 0.153 e. The Hall–Kier alpha value is -1.16. The molecule has 0 N–H and O–H groups in total. The SMILES string of the molecule is CCN(CC)C(CC)(CC)C(=O)CCc1nccn1C. The summed E-state index contributed by atoms with van der Waals surface area (Å²) in [5.74, 6) is 1.34. The van der Waals surface area contributed by atoms with Crippen LogP contribution in [0.4, 0.5) is 0 Å². The number of carbonyl (C=O) groups excluding carboxylic acids is 1. The summed E-state index contributed by atoms with van der Waals surface area (Å²) >= 11 is 0. The third kappa shape index (κ3) is 3.29. The number of imidazole rings is 1. The van der Waals surface area contributed by atoms with Crippen molar-refractivity contribution < 1.29 is 4.79 Å². The molecule has 0 unspecified atom stereocenters. The molecule has 0 atom stereocenters. The molecule has 4 heteroatoms. The summed E-state index contributed by atoms with van der Waals surface area (Å²) in [4.78, 5) is 19.4. The van der Waals surface area contributed by atoms with E-state index in [1.165, 1.54) is 0 Å². The van der Waals surface area contributed by atoms with Crippen molar-refractivity contribution in [2.24, 2.45) is 7.05 Å². The van der Waals surface area contributed by atoms with Gasteiger partial charge in [0.1, 0.15) is 5.82 Å². The molecule has 0 bridgehead atoms. The first-order valence-corrected chi connectivity index (χ1v) is 7.80. The predicted octanol–water partition coefficient (Wildman–Crippen LogP) is 2.82. The van der Waals surface area contributed by atoms with Gasteiger partial charge >= 0.3 is 0 Å². The van der Waals surface area contributed by atoms with E-state index in [1.807, 2.05) is 17.8 Å². The van der Waals surface area contributed by atoms with Gasteiger partial charge in [0.25, 0.3) is 0 Å². The fraction of sp³-hybridized carbons (Fsp3) is 0.750. The molecule has 1 heterocycles. The molecular formula is C16H29N3O. The molecule has 1 rings (SSSR count). The molecule has 0 radical (unpaired) electrons. The zero-order valence-electron chi connectivity index (χ0n) is 13.6. The second-order valence-corrected chi connectivity index (χ2v) is 5.29. The van der Waals surface area contributed by atoms with Crippen LogP contribution in [0.1, 0.15) is 52.8 Å². The van der Waals surface area contributed by atoms with E-state index in [4.69, 9.17) is 0 Å². The highest BCUT2D eigenvalue weighted by atomic mass is 16.1. The highest BCUT2D eigenvalue weighted by Crippen LogP contribution is 2.27. The number of ketones is 1. The first-order chi connectivity index (χ1) is 9.55. The lowest BCUT2D eigenvalue weighted by Gasteiger charge is -2.41. The van der Waals surface area contributed by atoms with Gasteiger partial charge in [-0.2, -0.15) is 0 Å². The molecule has 0 aromatic carbocycles.